The molecule has 0 aromatic heterocycles. The van der Waals surface area contributed by atoms with Gasteiger partial charge in [-0.05, 0) is 31.4 Å². The van der Waals surface area contributed by atoms with Crippen LogP contribution in [0.1, 0.15) is 50.2 Å². The summed E-state index contributed by atoms with van der Waals surface area (Å²) in [5.41, 5.74) is -4.47. The SMILES string of the molecule is C[C@@]1(c2ccccc2C(F)(F)F)NC(=O)N(CC(=O)NC2(C#N)CCCCC2)C1=O. The molecular weight excluding hydrogens is 401 g/mol. The fraction of sp³-hybridized carbons (Fsp3) is 0.500. The van der Waals surface area contributed by atoms with Crippen LogP contribution in [-0.4, -0.2) is 34.8 Å². The van der Waals surface area contributed by atoms with Crippen molar-refractivity contribution >= 4 is 17.8 Å². The fourth-order valence-corrected chi connectivity index (χ4v) is 4.06. The molecule has 1 saturated carbocycles. The number of hydrogen-bond donors (Lipinski definition) is 2. The molecule has 160 valence electrons. The van der Waals surface area contributed by atoms with Gasteiger partial charge in [0.1, 0.15) is 17.6 Å². The Morgan fingerprint density at radius 1 is 1.23 bits per heavy atom. The molecule has 1 aliphatic carbocycles. The number of imide groups is 1. The molecule has 1 aromatic carbocycles. The van der Waals surface area contributed by atoms with Crippen molar-refractivity contribution in [3.8, 4) is 6.07 Å². The summed E-state index contributed by atoms with van der Waals surface area (Å²) in [5.74, 6) is -1.68. The van der Waals surface area contributed by atoms with Crippen LogP contribution in [0.15, 0.2) is 24.3 Å². The number of carbonyl (C=O) groups is 3. The van der Waals surface area contributed by atoms with Crippen LogP contribution in [0.4, 0.5) is 18.0 Å². The number of rotatable bonds is 4. The Labute approximate surface area is 171 Å². The molecule has 2 N–H and O–H groups in total. The van der Waals surface area contributed by atoms with Crippen molar-refractivity contribution in [2.45, 2.75) is 56.3 Å². The van der Waals surface area contributed by atoms with Gasteiger partial charge in [-0.1, -0.05) is 37.5 Å². The predicted molar refractivity (Wildman–Crippen MR) is 98.6 cm³/mol. The number of carbonyl (C=O) groups excluding carboxylic acids is 3. The van der Waals surface area contributed by atoms with Crippen LogP contribution < -0.4 is 10.6 Å². The van der Waals surface area contributed by atoms with E-state index in [1.807, 2.05) is 0 Å². The van der Waals surface area contributed by atoms with Crippen molar-refractivity contribution in [2.24, 2.45) is 0 Å². The minimum atomic E-state index is -4.73. The maximum absolute atomic E-state index is 13.4. The van der Waals surface area contributed by atoms with E-state index < -0.39 is 52.8 Å². The van der Waals surface area contributed by atoms with Gasteiger partial charge in [-0.2, -0.15) is 18.4 Å². The molecule has 0 radical (unpaired) electrons. The normalized spacial score (nSPS) is 23.6. The van der Waals surface area contributed by atoms with Gasteiger partial charge in [0, 0.05) is 0 Å². The van der Waals surface area contributed by atoms with Crippen LogP contribution in [0.3, 0.4) is 0 Å². The quantitative estimate of drug-likeness (QED) is 0.729. The lowest BCUT2D eigenvalue weighted by Crippen LogP contribution is -2.52. The Morgan fingerprint density at radius 2 is 1.87 bits per heavy atom. The van der Waals surface area contributed by atoms with Crippen molar-refractivity contribution in [1.29, 1.82) is 5.26 Å². The zero-order valence-corrected chi connectivity index (χ0v) is 16.3. The molecule has 2 fully saturated rings. The maximum Gasteiger partial charge on any atom is 0.416 e. The first-order valence-corrected chi connectivity index (χ1v) is 9.55. The Morgan fingerprint density at radius 3 is 2.47 bits per heavy atom. The van der Waals surface area contributed by atoms with E-state index >= 15 is 0 Å². The fourth-order valence-electron chi connectivity index (χ4n) is 4.06. The number of nitrogens with zero attached hydrogens (tertiary/aromatic N) is 2. The van der Waals surface area contributed by atoms with Crippen molar-refractivity contribution < 1.29 is 27.6 Å². The molecule has 4 amide bonds. The highest BCUT2D eigenvalue weighted by Crippen LogP contribution is 2.39. The van der Waals surface area contributed by atoms with Crippen molar-refractivity contribution in [3.63, 3.8) is 0 Å². The zero-order valence-electron chi connectivity index (χ0n) is 16.3. The third-order valence-corrected chi connectivity index (χ3v) is 5.65. The lowest BCUT2D eigenvalue weighted by molar-refractivity contribution is -0.140. The number of nitriles is 1. The second-order valence-corrected chi connectivity index (χ2v) is 7.79. The monoisotopic (exact) mass is 422 g/mol. The first kappa shape index (κ1) is 21.6. The summed E-state index contributed by atoms with van der Waals surface area (Å²) < 4.78 is 40.2. The number of hydrogen-bond acceptors (Lipinski definition) is 4. The number of benzene rings is 1. The van der Waals surface area contributed by atoms with Crippen LogP contribution in [0.25, 0.3) is 0 Å². The average Bonchev–Trinajstić information content (AvgIpc) is 2.92. The molecule has 1 heterocycles. The van der Waals surface area contributed by atoms with Gasteiger partial charge in [0.25, 0.3) is 5.91 Å². The molecular formula is C20H21F3N4O3. The highest BCUT2D eigenvalue weighted by molar-refractivity contribution is 6.09. The second-order valence-electron chi connectivity index (χ2n) is 7.79. The number of halogens is 3. The van der Waals surface area contributed by atoms with Gasteiger partial charge < -0.3 is 10.6 Å². The molecule has 30 heavy (non-hydrogen) atoms. The maximum atomic E-state index is 13.4. The number of alkyl halides is 3. The largest absolute Gasteiger partial charge is 0.416 e. The first-order chi connectivity index (χ1) is 14.0. The third kappa shape index (κ3) is 3.84. The number of nitrogens with one attached hydrogen (secondary N) is 2. The van der Waals surface area contributed by atoms with E-state index in [4.69, 9.17) is 0 Å². The minimum absolute atomic E-state index is 0.403. The summed E-state index contributed by atoms with van der Waals surface area (Å²) in [5, 5.41) is 14.3. The Kier molecular flexibility index (Phi) is 5.50. The van der Waals surface area contributed by atoms with Crippen molar-refractivity contribution in [3.05, 3.63) is 35.4 Å². The lowest BCUT2D eigenvalue weighted by atomic mass is 9.83. The third-order valence-electron chi connectivity index (χ3n) is 5.65. The van der Waals surface area contributed by atoms with Gasteiger partial charge in [0.05, 0.1) is 11.6 Å². The molecule has 1 atom stereocenters. The van der Waals surface area contributed by atoms with Gasteiger partial charge in [0.2, 0.25) is 5.91 Å². The van der Waals surface area contributed by atoms with E-state index in [0.717, 1.165) is 31.4 Å². The smallest absolute Gasteiger partial charge is 0.336 e. The van der Waals surface area contributed by atoms with Crippen molar-refractivity contribution in [1.82, 2.24) is 15.5 Å². The lowest BCUT2D eigenvalue weighted by Gasteiger charge is -2.32. The molecule has 0 unspecified atom stereocenters. The molecule has 3 rings (SSSR count). The van der Waals surface area contributed by atoms with E-state index in [1.165, 1.54) is 19.1 Å². The molecule has 2 aliphatic rings. The molecule has 1 aromatic rings. The molecule has 7 nitrogen and oxygen atoms in total. The van der Waals surface area contributed by atoms with E-state index in [0.29, 0.717) is 17.7 Å². The van der Waals surface area contributed by atoms with Crippen LogP contribution in [0, 0.1) is 11.3 Å². The van der Waals surface area contributed by atoms with E-state index in [1.54, 1.807) is 0 Å². The van der Waals surface area contributed by atoms with Crippen LogP contribution in [0.5, 0.6) is 0 Å². The zero-order chi connectivity index (χ0) is 22.2. The Balaban J connectivity index is 1.82. The summed E-state index contributed by atoms with van der Waals surface area (Å²) in [7, 11) is 0. The van der Waals surface area contributed by atoms with Crippen LogP contribution in [0.2, 0.25) is 0 Å². The van der Waals surface area contributed by atoms with Gasteiger partial charge in [0.15, 0.2) is 0 Å². The summed E-state index contributed by atoms with van der Waals surface area (Å²) in [4.78, 5) is 38.4. The number of urea groups is 1. The Bertz CT molecular complexity index is 919. The average molecular weight is 422 g/mol. The standard InChI is InChI=1S/C20H21F3N4O3/c1-18(13-7-3-4-8-14(13)20(21,22)23)16(29)27(17(30)26-18)11-15(28)25-19(12-24)9-5-2-6-10-19/h3-4,7-8H,2,5-6,9-11H2,1H3,(H,25,28)(H,26,30)/t18-/m0/s1. The molecule has 10 heteroatoms. The van der Waals surface area contributed by atoms with Crippen LogP contribution in [-0.2, 0) is 21.3 Å². The number of amides is 4. The van der Waals surface area contributed by atoms with Gasteiger partial charge in [-0.15, -0.1) is 0 Å². The molecule has 1 aliphatic heterocycles. The summed E-state index contributed by atoms with van der Waals surface area (Å²) >= 11 is 0. The van der Waals surface area contributed by atoms with E-state index in [9.17, 15) is 32.8 Å². The van der Waals surface area contributed by atoms with Gasteiger partial charge in [-0.3, -0.25) is 14.5 Å². The first-order valence-electron chi connectivity index (χ1n) is 9.55. The van der Waals surface area contributed by atoms with Gasteiger partial charge in [-0.25, -0.2) is 4.79 Å². The minimum Gasteiger partial charge on any atom is -0.336 e. The highest BCUT2D eigenvalue weighted by atomic mass is 19.4. The highest BCUT2D eigenvalue weighted by Gasteiger charge is 2.52. The molecule has 1 saturated heterocycles. The Hall–Kier alpha value is -3.09. The van der Waals surface area contributed by atoms with E-state index in [-0.39, 0.29) is 0 Å². The van der Waals surface area contributed by atoms with Crippen molar-refractivity contribution in [2.75, 3.05) is 6.54 Å². The predicted octanol–water partition coefficient (Wildman–Crippen LogP) is 2.82. The molecule has 0 spiro atoms. The van der Waals surface area contributed by atoms with Gasteiger partial charge >= 0.3 is 12.2 Å². The summed E-state index contributed by atoms with van der Waals surface area (Å²) in [6.45, 7) is 0.492. The summed E-state index contributed by atoms with van der Waals surface area (Å²) in [6.07, 6.45) is -1.32. The summed E-state index contributed by atoms with van der Waals surface area (Å²) in [6, 6.07) is 5.61. The topological polar surface area (TPSA) is 102 Å². The second kappa shape index (κ2) is 7.63. The van der Waals surface area contributed by atoms with Crippen LogP contribution >= 0.6 is 0 Å². The van der Waals surface area contributed by atoms with E-state index in [2.05, 4.69) is 16.7 Å². The molecule has 0 bridgehead atoms.